The maximum Gasteiger partial charge on any atom is 0.306 e. The van der Waals surface area contributed by atoms with Crippen LogP contribution >= 0.6 is 0 Å². The average Bonchev–Trinajstić information content (AvgIpc) is 2.88. The normalized spacial score (nSPS) is 11.6. The molecule has 0 unspecified atom stereocenters. The fourth-order valence-corrected chi connectivity index (χ4v) is 5.23. The Morgan fingerprint density at radius 1 is 0.474 bits per heavy atom. The number of ether oxygens (including phenoxy) is 2. The van der Waals surface area contributed by atoms with Crippen LogP contribution in [0.2, 0.25) is 0 Å². The molecule has 4 heteroatoms. The van der Waals surface area contributed by atoms with Crippen molar-refractivity contribution in [3.63, 3.8) is 0 Å². The van der Waals surface area contributed by atoms with Crippen LogP contribution in [0, 0.1) is 11.8 Å². The van der Waals surface area contributed by atoms with Gasteiger partial charge < -0.3 is 9.47 Å². The van der Waals surface area contributed by atoms with E-state index in [0.29, 0.717) is 31.3 Å². The van der Waals surface area contributed by atoms with Gasteiger partial charge in [0, 0.05) is 12.8 Å². The maximum absolute atomic E-state index is 12.1. The first-order valence-corrected chi connectivity index (χ1v) is 16.7. The topological polar surface area (TPSA) is 52.6 Å². The van der Waals surface area contributed by atoms with Crippen LogP contribution in [-0.4, -0.2) is 24.6 Å². The van der Waals surface area contributed by atoms with Gasteiger partial charge in [0.1, 0.15) is 6.10 Å². The van der Waals surface area contributed by atoms with E-state index < -0.39 is 0 Å². The summed E-state index contributed by atoms with van der Waals surface area (Å²) < 4.78 is 11.1. The smallest absolute Gasteiger partial charge is 0.306 e. The van der Waals surface area contributed by atoms with Crippen LogP contribution in [0.25, 0.3) is 0 Å². The summed E-state index contributed by atoms with van der Waals surface area (Å²) in [7, 11) is 0. The van der Waals surface area contributed by atoms with Crippen molar-refractivity contribution < 1.29 is 19.1 Å². The molecule has 0 atom stereocenters. The number of hydrogen-bond donors (Lipinski definition) is 0. The molecule has 226 valence electrons. The first-order valence-electron chi connectivity index (χ1n) is 16.7. The summed E-state index contributed by atoms with van der Waals surface area (Å²) in [6.07, 6.45) is 27.4. The Morgan fingerprint density at radius 3 is 1.21 bits per heavy atom. The van der Waals surface area contributed by atoms with Crippen molar-refractivity contribution in [1.29, 1.82) is 0 Å². The molecular weight excluding hydrogens is 472 g/mol. The van der Waals surface area contributed by atoms with Gasteiger partial charge in [-0.15, -0.1) is 0 Å². The molecule has 0 spiro atoms. The van der Waals surface area contributed by atoms with Crippen molar-refractivity contribution in [1.82, 2.24) is 0 Å². The fraction of sp³-hybridized carbons (Fsp3) is 0.941. The molecule has 0 aliphatic heterocycles. The lowest BCUT2D eigenvalue weighted by atomic mass is 9.96. The van der Waals surface area contributed by atoms with E-state index in [-0.39, 0.29) is 18.0 Å². The summed E-state index contributed by atoms with van der Waals surface area (Å²) in [4.78, 5) is 24.0. The molecule has 0 rings (SSSR count). The van der Waals surface area contributed by atoms with E-state index in [1.54, 1.807) is 0 Å². The zero-order valence-electron chi connectivity index (χ0n) is 26.3. The molecule has 0 aliphatic carbocycles. The van der Waals surface area contributed by atoms with E-state index in [9.17, 15) is 9.59 Å². The quantitative estimate of drug-likeness (QED) is 0.0734. The van der Waals surface area contributed by atoms with Gasteiger partial charge in [-0.2, -0.15) is 0 Å². The second-order valence-corrected chi connectivity index (χ2v) is 12.2. The number of esters is 2. The molecular formula is C34H66O4. The van der Waals surface area contributed by atoms with Crippen molar-refractivity contribution in [2.45, 2.75) is 188 Å². The molecule has 0 radical (unpaired) electrons. The standard InChI is InChI=1S/C34H66O4/c1-6-7-8-9-10-11-12-13-14-15-16-17-20-23-26-29-37-32(35)27-24-21-18-19-22-25-28-33(36)38-34(30(2)3)31(4)5/h30-31,34H,6-29H2,1-5H3. The Morgan fingerprint density at radius 2 is 0.816 bits per heavy atom. The second-order valence-electron chi connectivity index (χ2n) is 12.2. The largest absolute Gasteiger partial charge is 0.466 e. The highest BCUT2D eigenvalue weighted by Crippen LogP contribution is 2.18. The van der Waals surface area contributed by atoms with E-state index in [0.717, 1.165) is 44.9 Å². The second kappa shape index (κ2) is 27.5. The third kappa shape index (κ3) is 25.2. The van der Waals surface area contributed by atoms with E-state index in [1.807, 2.05) is 0 Å². The van der Waals surface area contributed by atoms with Gasteiger partial charge in [0.25, 0.3) is 0 Å². The summed E-state index contributed by atoms with van der Waals surface area (Å²) in [5, 5.41) is 0. The summed E-state index contributed by atoms with van der Waals surface area (Å²) in [6.45, 7) is 11.3. The molecule has 0 aromatic carbocycles. The van der Waals surface area contributed by atoms with E-state index in [2.05, 4.69) is 34.6 Å². The Bertz CT molecular complexity index is 521. The molecule has 38 heavy (non-hydrogen) atoms. The Balaban J connectivity index is 3.35. The third-order valence-corrected chi connectivity index (χ3v) is 7.60. The Labute approximate surface area is 237 Å². The van der Waals surface area contributed by atoms with E-state index >= 15 is 0 Å². The minimum absolute atomic E-state index is 0.0152. The molecule has 0 heterocycles. The predicted molar refractivity (Wildman–Crippen MR) is 162 cm³/mol. The molecule has 0 aliphatic rings. The molecule has 0 aromatic rings. The molecule has 0 saturated carbocycles. The number of hydrogen-bond acceptors (Lipinski definition) is 4. The van der Waals surface area contributed by atoms with Crippen LogP contribution < -0.4 is 0 Å². The molecule has 0 saturated heterocycles. The fourth-order valence-electron chi connectivity index (χ4n) is 5.23. The highest BCUT2D eigenvalue weighted by Gasteiger charge is 2.21. The Hall–Kier alpha value is -1.06. The minimum Gasteiger partial charge on any atom is -0.466 e. The third-order valence-electron chi connectivity index (χ3n) is 7.60. The van der Waals surface area contributed by atoms with Crippen LogP contribution in [0.4, 0.5) is 0 Å². The SMILES string of the molecule is CCCCCCCCCCCCCCCCCOC(=O)CCCCCCCCC(=O)OC(C(C)C)C(C)C. The number of carbonyl (C=O) groups is 2. The van der Waals surface area contributed by atoms with Crippen LogP contribution in [0.15, 0.2) is 0 Å². The summed E-state index contributed by atoms with van der Waals surface area (Å²) in [5.41, 5.74) is 0. The van der Waals surface area contributed by atoms with Crippen LogP contribution in [0.1, 0.15) is 182 Å². The van der Waals surface area contributed by atoms with Crippen molar-refractivity contribution in [2.75, 3.05) is 6.61 Å². The van der Waals surface area contributed by atoms with Crippen LogP contribution in [0.5, 0.6) is 0 Å². The van der Waals surface area contributed by atoms with Gasteiger partial charge in [-0.3, -0.25) is 9.59 Å². The number of carbonyl (C=O) groups excluding carboxylic acids is 2. The lowest BCUT2D eigenvalue weighted by Gasteiger charge is -2.24. The predicted octanol–water partition coefficient (Wildman–Crippen LogP) is 10.7. The van der Waals surface area contributed by atoms with Gasteiger partial charge in [-0.25, -0.2) is 0 Å². The number of unbranched alkanes of at least 4 members (excludes halogenated alkanes) is 19. The van der Waals surface area contributed by atoms with Gasteiger partial charge in [0.05, 0.1) is 6.61 Å². The zero-order valence-corrected chi connectivity index (χ0v) is 26.3. The van der Waals surface area contributed by atoms with Gasteiger partial charge >= 0.3 is 11.9 Å². The molecule has 0 bridgehead atoms. The van der Waals surface area contributed by atoms with Crippen molar-refractivity contribution in [2.24, 2.45) is 11.8 Å². The minimum atomic E-state index is -0.0609. The lowest BCUT2D eigenvalue weighted by Crippen LogP contribution is -2.28. The van der Waals surface area contributed by atoms with Gasteiger partial charge in [-0.05, 0) is 31.1 Å². The van der Waals surface area contributed by atoms with Crippen LogP contribution in [0.3, 0.4) is 0 Å². The van der Waals surface area contributed by atoms with Crippen molar-refractivity contribution in [3.8, 4) is 0 Å². The highest BCUT2D eigenvalue weighted by molar-refractivity contribution is 5.69. The van der Waals surface area contributed by atoms with Crippen molar-refractivity contribution in [3.05, 3.63) is 0 Å². The molecule has 0 aromatic heterocycles. The van der Waals surface area contributed by atoms with E-state index in [1.165, 1.54) is 89.9 Å². The first kappa shape index (κ1) is 36.9. The highest BCUT2D eigenvalue weighted by atomic mass is 16.5. The molecule has 4 nitrogen and oxygen atoms in total. The Kier molecular flexibility index (Phi) is 26.7. The molecule has 0 fully saturated rings. The van der Waals surface area contributed by atoms with Gasteiger partial charge in [0.15, 0.2) is 0 Å². The summed E-state index contributed by atoms with van der Waals surface area (Å²) >= 11 is 0. The first-order chi connectivity index (χ1) is 18.4. The van der Waals surface area contributed by atoms with Crippen LogP contribution in [-0.2, 0) is 19.1 Å². The summed E-state index contributed by atoms with van der Waals surface area (Å²) in [5.74, 6) is 0.613. The number of rotatable bonds is 28. The molecule has 0 amide bonds. The van der Waals surface area contributed by atoms with Gasteiger partial charge in [-0.1, -0.05) is 150 Å². The van der Waals surface area contributed by atoms with Gasteiger partial charge in [0.2, 0.25) is 0 Å². The average molecular weight is 539 g/mol. The van der Waals surface area contributed by atoms with Crippen molar-refractivity contribution >= 4 is 11.9 Å². The maximum atomic E-state index is 12.1. The molecule has 0 N–H and O–H groups in total. The van der Waals surface area contributed by atoms with E-state index in [4.69, 9.17) is 9.47 Å². The monoisotopic (exact) mass is 538 g/mol. The lowest BCUT2D eigenvalue weighted by molar-refractivity contribution is -0.154. The zero-order chi connectivity index (χ0) is 28.3. The summed E-state index contributed by atoms with van der Waals surface area (Å²) in [6, 6.07) is 0.